The van der Waals surface area contributed by atoms with Crippen molar-refractivity contribution in [3.8, 4) is 5.75 Å². The Morgan fingerprint density at radius 1 is 1.14 bits per heavy atom. The molecule has 0 fully saturated rings. The molecule has 2 N–H and O–H groups in total. The van der Waals surface area contributed by atoms with Crippen LogP contribution in [0.25, 0.3) is 0 Å². The molecule has 8 nitrogen and oxygen atoms in total. The monoisotopic (exact) mass is 415 g/mol. The molecule has 3 rings (SSSR count). The summed E-state index contributed by atoms with van der Waals surface area (Å²) in [5.74, 6) is -1.67. The van der Waals surface area contributed by atoms with E-state index in [1.165, 1.54) is 19.2 Å². The zero-order chi connectivity index (χ0) is 21.0. The molecule has 0 aromatic heterocycles. The highest BCUT2D eigenvalue weighted by Gasteiger charge is 2.30. The SMILES string of the molecule is COc1ccc(Cl)cc1C(=O)NNC(=O)CCN1C(=O)Cc2ccccc2C1=O. The van der Waals surface area contributed by atoms with Crippen LogP contribution < -0.4 is 15.6 Å². The zero-order valence-corrected chi connectivity index (χ0v) is 16.3. The average molecular weight is 416 g/mol. The Morgan fingerprint density at radius 2 is 1.90 bits per heavy atom. The van der Waals surface area contributed by atoms with E-state index >= 15 is 0 Å². The van der Waals surface area contributed by atoms with Crippen molar-refractivity contribution in [2.45, 2.75) is 12.8 Å². The maximum atomic E-state index is 12.5. The van der Waals surface area contributed by atoms with Gasteiger partial charge in [-0.15, -0.1) is 0 Å². The van der Waals surface area contributed by atoms with Crippen molar-refractivity contribution in [3.63, 3.8) is 0 Å². The predicted octanol–water partition coefficient (Wildman–Crippen LogP) is 1.72. The van der Waals surface area contributed by atoms with Gasteiger partial charge < -0.3 is 4.74 Å². The molecular formula is C20H18ClN3O5. The summed E-state index contributed by atoms with van der Waals surface area (Å²) in [6, 6.07) is 11.4. The average Bonchev–Trinajstić information content (AvgIpc) is 2.71. The van der Waals surface area contributed by atoms with Gasteiger partial charge in [0, 0.05) is 23.6 Å². The van der Waals surface area contributed by atoms with Crippen molar-refractivity contribution in [2.75, 3.05) is 13.7 Å². The van der Waals surface area contributed by atoms with Crippen molar-refractivity contribution in [3.05, 3.63) is 64.2 Å². The number of rotatable bonds is 5. The fourth-order valence-electron chi connectivity index (χ4n) is 2.95. The molecule has 0 atom stereocenters. The number of halogens is 1. The number of carbonyl (C=O) groups excluding carboxylic acids is 4. The number of benzene rings is 2. The highest BCUT2D eigenvalue weighted by molar-refractivity contribution is 6.31. The van der Waals surface area contributed by atoms with Crippen LogP contribution in [0.2, 0.25) is 5.02 Å². The van der Waals surface area contributed by atoms with Crippen molar-refractivity contribution in [1.29, 1.82) is 0 Å². The normalized spacial score (nSPS) is 13.0. The fourth-order valence-corrected chi connectivity index (χ4v) is 3.13. The third-order valence-corrected chi connectivity index (χ3v) is 4.65. The van der Waals surface area contributed by atoms with Crippen LogP contribution in [0.5, 0.6) is 5.75 Å². The van der Waals surface area contributed by atoms with Gasteiger partial charge in [-0.05, 0) is 29.8 Å². The van der Waals surface area contributed by atoms with Crippen molar-refractivity contribution < 1.29 is 23.9 Å². The largest absolute Gasteiger partial charge is 0.496 e. The molecular weight excluding hydrogens is 398 g/mol. The minimum atomic E-state index is -0.614. The summed E-state index contributed by atoms with van der Waals surface area (Å²) in [7, 11) is 1.41. The molecule has 9 heteroatoms. The summed E-state index contributed by atoms with van der Waals surface area (Å²) in [5, 5.41) is 0.338. The summed E-state index contributed by atoms with van der Waals surface area (Å²) >= 11 is 5.89. The van der Waals surface area contributed by atoms with Crippen LogP contribution in [-0.4, -0.2) is 42.2 Å². The number of nitrogens with zero attached hydrogens (tertiary/aromatic N) is 1. The van der Waals surface area contributed by atoms with Crippen LogP contribution in [0, 0.1) is 0 Å². The van der Waals surface area contributed by atoms with Crippen LogP contribution in [0.15, 0.2) is 42.5 Å². The molecule has 2 aromatic rings. The number of carbonyl (C=O) groups is 4. The van der Waals surface area contributed by atoms with E-state index in [1.807, 2.05) is 0 Å². The Kier molecular flexibility index (Phi) is 6.13. The molecule has 0 radical (unpaired) electrons. The second-order valence-corrected chi connectivity index (χ2v) is 6.72. The Balaban J connectivity index is 1.55. The molecule has 0 aliphatic carbocycles. The first kappa shape index (κ1) is 20.3. The highest BCUT2D eigenvalue weighted by Crippen LogP contribution is 2.22. The molecule has 1 aliphatic rings. The van der Waals surface area contributed by atoms with Gasteiger partial charge in [0.2, 0.25) is 11.8 Å². The van der Waals surface area contributed by atoms with Crippen molar-refractivity contribution in [1.82, 2.24) is 15.8 Å². The minimum Gasteiger partial charge on any atom is -0.496 e. The Hall–Kier alpha value is -3.39. The molecule has 150 valence electrons. The van der Waals surface area contributed by atoms with Gasteiger partial charge in [0.1, 0.15) is 5.75 Å². The zero-order valence-electron chi connectivity index (χ0n) is 15.5. The summed E-state index contributed by atoms with van der Waals surface area (Å²) in [4.78, 5) is 50.0. The summed E-state index contributed by atoms with van der Waals surface area (Å²) < 4.78 is 5.09. The molecule has 1 heterocycles. The maximum absolute atomic E-state index is 12.5. The van der Waals surface area contributed by atoms with E-state index in [0.29, 0.717) is 21.9 Å². The Morgan fingerprint density at radius 3 is 2.66 bits per heavy atom. The number of nitrogens with one attached hydrogen (secondary N) is 2. The van der Waals surface area contributed by atoms with Gasteiger partial charge in [-0.3, -0.25) is 34.9 Å². The minimum absolute atomic E-state index is 0.0891. The lowest BCUT2D eigenvalue weighted by Crippen LogP contribution is -2.46. The molecule has 0 saturated carbocycles. The molecule has 0 saturated heterocycles. The number of amides is 4. The third kappa shape index (κ3) is 4.55. The molecule has 2 aromatic carbocycles. The number of fused-ring (bicyclic) bond motifs is 1. The van der Waals surface area contributed by atoms with Crippen LogP contribution in [0.3, 0.4) is 0 Å². The van der Waals surface area contributed by atoms with E-state index in [2.05, 4.69) is 10.9 Å². The predicted molar refractivity (Wildman–Crippen MR) is 104 cm³/mol. The molecule has 1 aliphatic heterocycles. The van der Waals surface area contributed by atoms with E-state index in [-0.39, 0.29) is 30.9 Å². The molecule has 29 heavy (non-hydrogen) atoms. The van der Waals surface area contributed by atoms with Crippen LogP contribution in [0.4, 0.5) is 0 Å². The first-order chi connectivity index (χ1) is 13.9. The van der Waals surface area contributed by atoms with E-state index in [0.717, 1.165) is 4.90 Å². The van der Waals surface area contributed by atoms with E-state index in [9.17, 15) is 19.2 Å². The van der Waals surface area contributed by atoms with Gasteiger partial charge >= 0.3 is 0 Å². The number of hydrogen-bond acceptors (Lipinski definition) is 5. The van der Waals surface area contributed by atoms with Gasteiger partial charge in [0.15, 0.2) is 0 Å². The lowest BCUT2D eigenvalue weighted by molar-refractivity contribution is -0.129. The standard InChI is InChI=1S/C20H18ClN3O5/c1-29-16-7-6-13(21)11-15(16)19(27)23-22-17(25)8-9-24-18(26)10-12-4-2-3-5-14(12)20(24)28/h2-7,11H,8-10H2,1H3,(H,22,25)(H,23,27). The smallest absolute Gasteiger partial charge is 0.273 e. The van der Waals surface area contributed by atoms with Gasteiger partial charge in [-0.1, -0.05) is 29.8 Å². The van der Waals surface area contributed by atoms with Crippen LogP contribution in [0.1, 0.15) is 32.7 Å². The molecule has 0 spiro atoms. The van der Waals surface area contributed by atoms with E-state index in [4.69, 9.17) is 16.3 Å². The quantitative estimate of drug-likeness (QED) is 0.571. The third-order valence-electron chi connectivity index (χ3n) is 4.42. The number of ether oxygens (including phenoxy) is 1. The second kappa shape index (κ2) is 8.74. The van der Waals surface area contributed by atoms with Gasteiger partial charge in [0.25, 0.3) is 11.8 Å². The van der Waals surface area contributed by atoms with Gasteiger partial charge in [0.05, 0.1) is 19.1 Å². The fraction of sp³-hybridized carbons (Fsp3) is 0.200. The summed E-state index contributed by atoms with van der Waals surface area (Å²) in [6.07, 6.45) is -0.0541. The van der Waals surface area contributed by atoms with Crippen molar-refractivity contribution >= 4 is 35.2 Å². The number of imide groups is 1. The topological polar surface area (TPSA) is 105 Å². The van der Waals surface area contributed by atoms with E-state index in [1.54, 1.807) is 30.3 Å². The maximum Gasteiger partial charge on any atom is 0.273 e. The number of hydrogen-bond donors (Lipinski definition) is 2. The lowest BCUT2D eigenvalue weighted by atomic mass is 9.98. The molecule has 0 unspecified atom stereocenters. The first-order valence-corrected chi connectivity index (χ1v) is 9.14. The van der Waals surface area contributed by atoms with Gasteiger partial charge in [-0.25, -0.2) is 0 Å². The summed E-state index contributed by atoms with van der Waals surface area (Å²) in [5.41, 5.74) is 5.79. The second-order valence-electron chi connectivity index (χ2n) is 6.28. The van der Waals surface area contributed by atoms with Gasteiger partial charge in [-0.2, -0.15) is 0 Å². The number of methoxy groups -OCH3 is 1. The molecule has 4 amide bonds. The van der Waals surface area contributed by atoms with Crippen LogP contribution >= 0.6 is 11.6 Å². The summed E-state index contributed by atoms with van der Waals surface area (Å²) in [6.45, 7) is -0.0891. The van der Waals surface area contributed by atoms with Crippen molar-refractivity contribution in [2.24, 2.45) is 0 Å². The molecule has 0 bridgehead atoms. The Bertz CT molecular complexity index is 992. The number of hydrazine groups is 1. The Labute approximate surface area is 171 Å². The first-order valence-electron chi connectivity index (χ1n) is 8.76. The highest BCUT2D eigenvalue weighted by atomic mass is 35.5. The lowest BCUT2D eigenvalue weighted by Gasteiger charge is -2.26. The van der Waals surface area contributed by atoms with Crippen LogP contribution in [-0.2, 0) is 16.0 Å². The van der Waals surface area contributed by atoms with E-state index < -0.39 is 17.7 Å².